The summed E-state index contributed by atoms with van der Waals surface area (Å²) < 4.78 is 0. The number of hydrogen-bond donors (Lipinski definition) is 1. The summed E-state index contributed by atoms with van der Waals surface area (Å²) >= 11 is 5.82. The summed E-state index contributed by atoms with van der Waals surface area (Å²) in [7, 11) is 0. The maximum atomic E-state index is 10.6. The van der Waals surface area contributed by atoms with Crippen molar-refractivity contribution in [3.05, 3.63) is 33.3 Å². The summed E-state index contributed by atoms with van der Waals surface area (Å²) in [5, 5.41) is 14.0. The quantitative estimate of drug-likeness (QED) is 0.616. The zero-order valence-corrected chi connectivity index (χ0v) is 10.8. The van der Waals surface area contributed by atoms with Gasteiger partial charge in [0.1, 0.15) is 5.02 Å². The van der Waals surface area contributed by atoms with Gasteiger partial charge in [0.2, 0.25) is 0 Å². The second-order valence-corrected chi connectivity index (χ2v) is 4.61. The molecular weight excluding hydrogens is 240 g/mol. The first-order chi connectivity index (χ1) is 8.04. The van der Waals surface area contributed by atoms with Gasteiger partial charge in [0.05, 0.1) is 4.92 Å². The summed E-state index contributed by atoms with van der Waals surface area (Å²) in [4.78, 5) is 10.1. The van der Waals surface area contributed by atoms with Crippen LogP contribution in [0.4, 0.5) is 11.4 Å². The van der Waals surface area contributed by atoms with Gasteiger partial charge >= 0.3 is 0 Å². The van der Waals surface area contributed by atoms with Crippen molar-refractivity contribution in [1.29, 1.82) is 0 Å². The van der Waals surface area contributed by atoms with Gasteiger partial charge in [-0.05, 0) is 24.5 Å². The molecule has 94 valence electrons. The summed E-state index contributed by atoms with van der Waals surface area (Å²) in [5.74, 6) is 0.578. The first kappa shape index (κ1) is 13.8. The third-order valence-corrected chi connectivity index (χ3v) is 2.88. The van der Waals surface area contributed by atoms with Crippen LogP contribution >= 0.6 is 11.6 Å². The Hall–Kier alpha value is -1.29. The molecule has 17 heavy (non-hydrogen) atoms. The van der Waals surface area contributed by atoms with E-state index in [1.165, 1.54) is 6.07 Å². The molecule has 4 nitrogen and oxygen atoms in total. The monoisotopic (exact) mass is 256 g/mol. The molecule has 0 aromatic heterocycles. The first-order valence-corrected chi connectivity index (χ1v) is 6.10. The Morgan fingerprint density at radius 1 is 1.53 bits per heavy atom. The second kappa shape index (κ2) is 6.45. The third-order valence-electron chi connectivity index (χ3n) is 2.58. The highest BCUT2D eigenvalue weighted by Crippen LogP contribution is 2.27. The number of nitro benzene ring substituents is 1. The van der Waals surface area contributed by atoms with Crippen molar-refractivity contribution in [2.75, 3.05) is 11.9 Å². The van der Waals surface area contributed by atoms with E-state index in [0.717, 1.165) is 25.1 Å². The zero-order valence-electron chi connectivity index (χ0n) is 10.1. The molecule has 1 aromatic rings. The van der Waals surface area contributed by atoms with E-state index in [9.17, 15) is 10.1 Å². The number of benzene rings is 1. The summed E-state index contributed by atoms with van der Waals surface area (Å²) in [6.45, 7) is 5.17. The minimum absolute atomic E-state index is 0.0566. The molecule has 0 fully saturated rings. The van der Waals surface area contributed by atoms with Gasteiger partial charge in [-0.25, -0.2) is 0 Å². The number of nitrogens with one attached hydrogen (secondary N) is 1. The molecule has 1 N–H and O–H groups in total. The molecule has 0 aliphatic rings. The smallest absolute Gasteiger partial charge is 0.288 e. The Kier molecular flexibility index (Phi) is 5.22. The van der Waals surface area contributed by atoms with Crippen LogP contribution in [-0.2, 0) is 0 Å². The zero-order chi connectivity index (χ0) is 12.8. The molecule has 0 aliphatic heterocycles. The van der Waals surface area contributed by atoms with Gasteiger partial charge in [-0.15, -0.1) is 0 Å². The molecule has 1 unspecified atom stereocenters. The molecule has 0 bridgehead atoms. The molecule has 0 spiro atoms. The fourth-order valence-corrected chi connectivity index (χ4v) is 1.90. The number of nitrogens with zero attached hydrogens (tertiary/aromatic N) is 1. The Balaban J connectivity index is 2.62. The first-order valence-electron chi connectivity index (χ1n) is 5.72. The molecule has 1 aromatic carbocycles. The lowest BCUT2D eigenvalue weighted by Gasteiger charge is -2.12. The Morgan fingerprint density at radius 2 is 2.24 bits per heavy atom. The van der Waals surface area contributed by atoms with Gasteiger partial charge in [0.25, 0.3) is 5.69 Å². The molecule has 5 heteroatoms. The number of hydrogen-bond acceptors (Lipinski definition) is 3. The minimum Gasteiger partial charge on any atom is -0.385 e. The number of anilines is 1. The van der Waals surface area contributed by atoms with Gasteiger partial charge in [0, 0.05) is 18.3 Å². The van der Waals surface area contributed by atoms with Gasteiger partial charge in [-0.1, -0.05) is 31.9 Å². The van der Waals surface area contributed by atoms with Crippen molar-refractivity contribution in [1.82, 2.24) is 0 Å². The van der Waals surface area contributed by atoms with E-state index < -0.39 is 4.92 Å². The van der Waals surface area contributed by atoms with Crippen molar-refractivity contribution in [3.63, 3.8) is 0 Å². The van der Waals surface area contributed by atoms with Crippen LogP contribution < -0.4 is 5.32 Å². The second-order valence-electron chi connectivity index (χ2n) is 4.20. The van der Waals surface area contributed by atoms with Crippen LogP contribution in [-0.4, -0.2) is 11.5 Å². The minimum atomic E-state index is -0.480. The fraction of sp³-hybridized carbons (Fsp3) is 0.500. The normalized spacial score (nSPS) is 12.2. The van der Waals surface area contributed by atoms with Gasteiger partial charge < -0.3 is 5.32 Å². The highest BCUT2D eigenvalue weighted by molar-refractivity contribution is 6.32. The van der Waals surface area contributed by atoms with Crippen LogP contribution in [0.2, 0.25) is 5.02 Å². The predicted octanol–water partition coefficient (Wildman–Crippen LogP) is 4.10. The molecule has 0 saturated heterocycles. The van der Waals surface area contributed by atoms with Crippen molar-refractivity contribution in [2.24, 2.45) is 5.92 Å². The van der Waals surface area contributed by atoms with E-state index in [1.54, 1.807) is 12.1 Å². The molecule has 1 atom stereocenters. The van der Waals surface area contributed by atoms with Crippen molar-refractivity contribution >= 4 is 23.0 Å². The Bertz CT molecular complexity index is 396. The van der Waals surface area contributed by atoms with Gasteiger partial charge in [-0.3, -0.25) is 10.1 Å². The van der Waals surface area contributed by atoms with E-state index in [-0.39, 0.29) is 10.7 Å². The standard InChI is InChI=1S/C12H17ClN2O2/c1-3-4-9(2)8-14-10-5-6-12(15(16)17)11(13)7-10/h5-7,9,14H,3-4,8H2,1-2H3. The molecule has 0 radical (unpaired) electrons. The molecule has 0 heterocycles. The largest absolute Gasteiger partial charge is 0.385 e. The van der Waals surface area contributed by atoms with E-state index >= 15 is 0 Å². The molecule has 0 amide bonds. The van der Waals surface area contributed by atoms with Gasteiger partial charge in [0.15, 0.2) is 0 Å². The van der Waals surface area contributed by atoms with Crippen LogP contribution in [0, 0.1) is 16.0 Å². The predicted molar refractivity (Wildman–Crippen MR) is 70.7 cm³/mol. The molecule has 0 aliphatic carbocycles. The SMILES string of the molecule is CCCC(C)CNc1ccc([N+](=O)[O-])c(Cl)c1. The third kappa shape index (κ3) is 4.23. The van der Waals surface area contributed by atoms with Gasteiger partial charge in [-0.2, -0.15) is 0 Å². The van der Waals surface area contributed by atoms with E-state index in [4.69, 9.17) is 11.6 Å². The van der Waals surface area contributed by atoms with E-state index in [2.05, 4.69) is 19.2 Å². The average molecular weight is 257 g/mol. The fourth-order valence-electron chi connectivity index (χ4n) is 1.65. The average Bonchev–Trinajstić information content (AvgIpc) is 2.26. The van der Waals surface area contributed by atoms with Crippen LogP contribution in [0.15, 0.2) is 18.2 Å². The molecule has 0 saturated carbocycles. The van der Waals surface area contributed by atoms with Crippen molar-refractivity contribution < 1.29 is 4.92 Å². The highest BCUT2D eigenvalue weighted by atomic mass is 35.5. The lowest BCUT2D eigenvalue weighted by Crippen LogP contribution is -2.10. The van der Waals surface area contributed by atoms with E-state index in [1.807, 2.05) is 0 Å². The van der Waals surface area contributed by atoms with Crippen LogP contribution in [0.3, 0.4) is 0 Å². The number of nitro groups is 1. The van der Waals surface area contributed by atoms with E-state index in [0.29, 0.717) is 5.92 Å². The summed E-state index contributed by atoms with van der Waals surface area (Å²) in [6.07, 6.45) is 2.32. The van der Waals surface area contributed by atoms with Crippen LogP contribution in [0.1, 0.15) is 26.7 Å². The molecule has 1 rings (SSSR count). The van der Waals surface area contributed by atoms with Crippen LogP contribution in [0.5, 0.6) is 0 Å². The maximum Gasteiger partial charge on any atom is 0.288 e. The number of halogens is 1. The highest BCUT2D eigenvalue weighted by Gasteiger charge is 2.12. The van der Waals surface area contributed by atoms with Crippen molar-refractivity contribution in [2.45, 2.75) is 26.7 Å². The number of rotatable bonds is 6. The lowest BCUT2D eigenvalue weighted by atomic mass is 10.1. The summed E-state index contributed by atoms with van der Waals surface area (Å²) in [6, 6.07) is 4.70. The topological polar surface area (TPSA) is 55.2 Å². The maximum absolute atomic E-state index is 10.6. The summed E-state index contributed by atoms with van der Waals surface area (Å²) in [5.41, 5.74) is 0.766. The van der Waals surface area contributed by atoms with Crippen LogP contribution in [0.25, 0.3) is 0 Å². The molecular formula is C12H17ClN2O2. The Morgan fingerprint density at radius 3 is 2.76 bits per heavy atom. The Labute approximate surface area is 106 Å². The lowest BCUT2D eigenvalue weighted by molar-refractivity contribution is -0.384. The van der Waals surface area contributed by atoms with Crippen molar-refractivity contribution in [3.8, 4) is 0 Å².